The molecule has 2 aliphatic heterocycles. The van der Waals surface area contributed by atoms with Crippen LogP contribution < -0.4 is 5.32 Å². The van der Waals surface area contributed by atoms with Crippen molar-refractivity contribution >= 4 is 5.91 Å². The highest BCUT2D eigenvalue weighted by atomic mass is 16.3. The number of carbonyl (C=O) groups is 1. The lowest BCUT2D eigenvalue weighted by molar-refractivity contribution is -0.0162. The van der Waals surface area contributed by atoms with Crippen LogP contribution in [0.25, 0.3) is 0 Å². The van der Waals surface area contributed by atoms with Crippen LogP contribution in [0.3, 0.4) is 0 Å². The molecule has 2 heterocycles. The van der Waals surface area contributed by atoms with Gasteiger partial charge in [-0.3, -0.25) is 4.79 Å². The minimum absolute atomic E-state index is 0.110. The molecule has 27 heavy (non-hydrogen) atoms. The molecule has 2 N–H and O–H groups in total. The Morgan fingerprint density at radius 3 is 2.48 bits per heavy atom. The van der Waals surface area contributed by atoms with Crippen molar-refractivity contribution in [2.45, 2.75) is 37.2 Å². The van der Waals surface area contributed by atoms with Crippen molar-refractivity contribution in [1.82, 2.24) is 10.2 Å². The van der Waals surface area contributed by atoms with E-state index in [0.29, 0.717) is 38.3 Å². The fraction of sp³-hybridized carbons (Fsp3) is 0.435. The van der Waals surface area contributed by atoms with Crippen molar-refractivity contribution in [2.24, 2.45) is 0 Å². The molecule has 0 saturated carbocycles. The third-order valence-corrected chi connectivity index (χ3v) is 6.05. The van der Waals surface area contributed by atoms with E-state index in [0.717, 1.165) is 36.2 Å². The third kappa shape index (κ3) is 4.07. The lowest BCUT2D eigenvalue weighted by Crippen LogP contribution is -2.48. The van der Waals surface area contributed by atoms with Crippen LogP contribution in [0.1, 0.15) is 46.7 Å². The smallest absolute Gasteiger partial charge is 0.254 e. The Labute approximate surface area is 161 Å². The van der Waals surface area contributed by atoms with E-state index in [9.17, 15) is 9.90 Å². The van der Waals surface area contributed by atoms with Crippen LogP contribution in [-0.2, 0) is 6.42 Å². The maximum atomic E-state index is 13.2. The number of nitrogens with zero attached hydrogens (tertiary/aromatic N) is 1. The zero-order chi connectivity index (χ0) is 18.7. The van der Waals surface area contributed by atoms with Gasteiger partial charge < -0.3 is 15.3 Å². The summed E-state index contributed by atoms with van der Waals surface area (Å²) in [5, 5.41) is 14.4. The fourth-order valence-corrected chi connectivity index (χ4v) is 4.42. The Kier molecular flexibility index (Phi) is 5.28. The summed E-state index contributed by atoms with van der Waals surface area (Å²) in [6.45, 7) is 3.18. The molecule has 142 valence electrons. The highest BCUT2D eigenvalue weighted by Crippen LogP contribution is 2.30. The van der Waals surface area contributed by atoms with Crippen LogP contribution in [0.4, 0.5) is 0 Å². The molecule has 0 spiro atoms. The number of likely N-dealkylation sites (tertiary alicyclic amines) is 1. The van der Waals surface area contributed by atoms with E-state index in [2.05, 4.69) is 23.5 Å². The molecule has 4 heteroatoms. The maximum absolute atomic E-state index is 13.2. The molecule has 0 aliphatic carbocycles. The van der Waals surface area contributed by atoms with E-state index in [1.54, 1.807) is 0 Å². The minimum Gasteiger partial charge on any atom is -0.389 e. The van der Waals surface area contributed by atoms with Gasteiger partial charge in [0.15, 0.2) is 0 Å². The van der Waals surface area contributed by atoms with Gasteiger partial charge in [0.05, 0.1) is 5.60 Å². The van der Waals surface area contributed by atoms with Crippen molar-refractivity contribution in [3.8, 4) is 0 Å². The molecule has 2 fully saturated rings. The quantitative estimate of drug-likeness (QED) is 0.877. The van der Waals surface area contributed by atoms with Crippen molar-refractivity contribution in [3.05, 3.63) is 71.3 Å². The number of hydrogen-bond acceptors (Lipinski definition) is 3. The summed E-state index contributed by atoms with van der Waals surface area (Å²) in [6, 6.07) is 18.2. The molecule has 2 aliphatic rings. The fourth-order valence-electron chi connectivity index (χ4n) is 4.42. The van der Waals surface area contributed by atoms with E-state index in [4.69, 9.17) is 0 Å². The molecule has 4 rings (SSSR count). The van der Waals surface area contributed by atoms with Gasteiger partial charge in [-0.1, -0.05) is 48.5 Å². The van der Waals surface area contributed by atoms with Crippen LogP contribution in [0.2, 0.25) is 0 Å². The first kappa shape index (κ1) is 18.2. The first-order chi connectivity index (χ1) is 13.1. The van der Waals surface area contributed by atoms with E-state index in [-0.39, 0.29) is 5.91 Å². The summed E-state index contributed by atoms with van der Waals surface area (Å²) < 4.78 is 0. The molecule has 2 saturated heterocycles. The van der Waals surface area contributed by atoms with Crippen molar-refractivity contribution in [1.29, 1.82) is 0 Å². The van der Waals surface area contributed by atoms with Crippen molar-refractivity contribution in [3.63, 3.8) is 0 Å². The predicted molar refractivity (Wildman–Crippen MR) is 107 cm³/mol. The topological polar surface area (TPSA) is 52.6 Å². The molecular formula is C23H28N2O2. The Morgan fingerprint density at radius 1 is 1.07 bits per heavy atom. The minimum atomic E-state index is -0.715. The molecule has 0 radical (unpaired) electrons. The van der Waals surface area contributed by atoms with Gasteiger partial charge in [0.25, 0.3) is 5.91 Å². The summed E-state index contributed by atoms with van der Waals surface area (Å²) in [4.78, 5) is 15.1. The van der Waals surface area contributed by atoms with Gasteiger partial charge >= 0.3 is 0 Å². The normalized spacial score (nSPS) is 22.0. The highest BCUT2D eigenvalue weighted by Gasteiger charge is 2.35. The van der Waals surface area contributed by atoms with E-state index >= 15 is 0 Å². The van der Waals surface area contributed by atoms with Gasteiger partial charge in [0.2, 0.25) is 0 Å². The zero-order valence-electron chi connectivity index (χ0n) is 15.7. The SMILES string of the molecule is O=C(c1ccccc1C1CCNC1)N1CCC(O)(Cc2ccccc2)CC1. The summed E-state index contributed by atoms with van der Waals surface area (Å²) in [5.74, 6) is 0.532. The van der Waals surface area contributed by atoms with Crippen LogP contribution in [0, 0.1) is 0 Å². The molecule has 0 aromatic heterocycles. The van der Waals surface area contributed by atoms with Crippen LogP contribution in [-0.4, -0.2) is 47.7 Å². The molecule has 2 aromatic rings. The molecule has 4 nitrogen and oxygen atoms in total. The lowest BCUT2D eigenvalue weighted by Gasteiger charge is -2.38. The number of benzene rings is 2. The Bertz CT molecular complexity index is 776. The second-order valence-electron chi connectivity index (χ2n) is 7.96. The summed E-state index contributed by atoms with van der Waals surface area (Å²) in [6.07, 6.45) is 2.99. The molecule has 1 atom stereocenters. The van der Waals surface area contributed by atoms with Gasteiger partial charge in [-0.25, -0.2) is 0 Å². The number of amides is 1. The molecule has 1 amide bonds. The molecular weight excluding hydrogens is 336 g/mol. The van der Waals surface area contributed by atoms with Crippen LogP contribution in [0.15, 0.2) is 54.6 Å². The zero-order valence-corrected chi connectivity index (χ0v) is 15.7. The second kappa shape index (κ2) is 7.83. The number of hydrogen-bond donors (Lipinski definition) is 2. The second-order valence-corrected chi connectivity index (χ2v) is 7.96. The van der Waals surface area contributed by atoms with Crippen molar-refractivity contribution < 1.29 is 9.90 Å². The number of rotatable bonds is 4. The van der Waals surface area contributed by atoms with Crippen molar-refractivity contribution in [2.75, 3.05) is 26.2 Å². The van der Waals surface area contributed by atoms with Gasteiger partial charge in [0, 0.05) is 31.6 Å². The Morgan fingerprint density at radius 2 is 1.78 bits per heavy atom. The third-order valence-electron chi connectivity index (χ3n) is 6.05. The summed E-state index contributed by atoms with van der Waals surface area (Å²) in [7, 11) is 0. The predicted octanol–water partition coefficient (Wildman–Crippen LogP) is 2.97. The first-order valence-electron chi connectivity index (χ1n) is 10.00. The monoisotopic (exact) mass is 364 g/mol. The number of piperidine rings is 1. The summed E-state index contributed by atoms with van der Waals surface area (Å²) in [5.41, 5.74) is 2.43. The Hall–Kier alpha value is -2.17. The van der Waals surface area contributed by atoms with E-state index < -0.39 is 5.60 Å². The molecule has 1 unspecified atom stereocenters. The highest BCUT2D eigenvalue weighted by molar-refractivity contribution is 5.96. The van der Waals surface area contributed by atoms with Gasteiger partial charge in [-0.05, 0) is 48.9 Å². The molecule has 0 bridgehead atoms. The largest absolute Gasteiger partial charge is 0.389 e. The standard InChI is InChI=1S/C23H28N2O2/c26-22(21-9-5-4-8-20(21)19-10-13-24-17-19)25-14-11-23(27,12-15-25)16-18-6-2-1-3-7-18/h1-9,19,24,27H,10-17H2. The number of carbonyl (C=O) groups excluding carboxylic acids is 1. The summed E-state index contributed by atoms with van der Waals surface area (Å²) >= 11 is 0. The van der Waals surface area contributed by atoms with Crippen LogP contribution in [0.5, 0.6) is 0 Å². The van der Waals surface area contributed by atoms with E-state index in [1.165, 1.54) is 0 Å². The lowest BCUT2D eigenvalue weighted by atomic mass is 9.85. The average molecular weight is 364 g/mol. The van der Waals surface area contributed by atoms with Gasteiger partial charge in [0.1, 0.15) is 0 Å². The Balaban J connectivity index is 1.43. The van der Waals surface area contributed by atoms with Gasteiger partial charge in [-0.2, -0.15) is 0 Å². The number of nitrogens with one attached hydrogen (secondary N) is 1. The van der Waals surface area contributed by atoms with Crippen LogP contribution >= 0.6 is 0 Å². The van der Waals surface area contributed by atoms with Gasteiger partial charge in [-0.15, -0.1) is 0 Å². The first-order valence-corrected chi connectivity index (χ1v) is 10.00. The number of aliphatic hydroxyl groups is 1. The average Bonchev–Trinajstić information content (AvgIpc) is 3.23. The maximum Gasteiger partial charge on any atom is 0.254 e. The van der Waals surface area contributed by atoms with E-state index in [1.807, 2.05) is 41.3 Å². The molecule has 2 aromatic carbocycles.